The Morgan fingerprint density at radius 2 is 2.20 bits per heavy atom. The number of imidazole rings is 1. The molecule has 1 saturated heterocycles. The van der Waals surface area contributed by atoms with Gasteiger partial charge < -0.3 is 19.6 Å². The van der Waals surface area contributed by atoms with Crippen molar-refractivity contribution >= 4 is 12.2 Å². The van der Waals surface area contributed by atoms with Gasteiger partial charge in [0.05, 0.1) is 12.3 Å². The number of H-pyrrole nitrogens is 1. The smallest absolute Gasteiger partial charge is 0.177 e. The summed E-state index contributed by atoms with van der Waals surface area (Å²) < 4.78 is 2.80. The first kappa shape index (κ1) is 10.9. The summed E-state index contributed by atoms with van der Waals surface area (Å²) >= 11 is 5.23. The van der Waals surface area contributed by atoms with Crippen LogP contribution in [0.4, 0.5) is 0 Å². The van der Waals surface area contributed by atoms with Crippen LogP contribution in [-0.2, 0) is 6.61 Å². The van der Waals surface area contributed by atoms with E-state index in [-0.39, 0.29) is 6.61 Å². The van der Waals surface area contributed by atoms with Crippen LogP contribution in [0.3, 0.4) is 0 Å². The second-order valence-electron chi connectivity index (χ2n) is 4.15. The highest BCUT2D eigenvalue weighted by molar-refractivity contribution is 7.71. The Hall–Kier alpha value is -0.650. The minimum absolute atomic E-state index is 0.0550. The summed E-state index contributed by atoms with van der Waals surface area (Å²) in [5.41, 5.74) is 0.898. The lowest BCUT2D eigenvalue weighted by Crippen LogP contribution is -2.32. The molecular formula is C10H17N3OS. The Morgan fingerprint density at radius 3 is 2.80 bits per heavy atom. The maximum atomic E-state index is 9.22. The van der Waals surface area contributed by atoms with Crippen LogP contribution >= 0.6 is 12.2 Å². The molecule has 4 nitrogen and oxygen atoms in total. The van der Waals surface area contributed by atoms with Gasteiger partial charge in [-0.15, -0.1) is 0 Å². The number of likely N-dealkylation sites (tertiary alicyclic amines) is 1. The van der Waals surface area contributed by atoms with Crippen LogP contribution in [0.25, 0.3) is 0 Å². The molecule has 0 aliphatic carbocycles. The Bertz CT molecular complexity index is 376. The molecule has 0 aromatic carbocycles. The van der Waals surface area contributed by atoms with E-state index in [1.54, 1.807) is 6.20 Å². The second-order valence-corrected chi connectivity index (χ2v) is 4.53. The van der Waals surface area contributed by atoms with Crippen molar-refractivity contribution in [2.45, 2.75) is 25.5 Å². The molecule has 15 heavy (non-hydrogen) atoms. The molecular weight excluding hydrogens is 210 g/mol. The molecule has 0 saturated carbocycles. The lowest BCUT2D eigenvalue weighted by Gasteiger charge is -2.30. The quantitative estimate of drug-likeness (QED) is 0.749. The normalized spacial score (nSPS) is 19.6. The van der Waals surface area contributed by atoms with Gasteiger partial charge in [0.2, 0.25) is 0 Å². The molecule has 2 heterocycles. The first-order valence-corrected chi connectivity index (χ1v) is 5.71. The molecule has 0 unspecified atom stereocenters. The number of hydrogen-bond donors (Lipinski definition) is 2. The monoisotopic (exact) mass is 227 g/mol. The Morgan fingerprint density at radius 1 is 1.53 bits per heavy atom. The lowest BCUT2D eigenvalue weighted by molar-refractivity contribution is 0.207. The zero-order chi connectivity index (χ0) is 10.8. The van der Waals surface area contributed by atoms with Gasteiger partial charge in [-0.05, 0) is 45.2 Å². The number of aliphatic hydroxyl groups is 1. The molecule has 0 bridgehead atoms. The van der Waals surface area contributed by atoms with Crippen molar-refractivity contribution < 1.29 is 5.11 Å². The van der Waals surface area contributed by atoms with Crippen LogP contribution in [-0.4, -0.2) is 39.7 Å². The summed E-state index contributed by atoms with van der Waals surface area (Å²) in [6, 6.07) is 0.446. The number of hydrogen-bond acceptors (Lipinski definition) is 3. The molecule has 0 amide bonds. The summed E-state index contributed by atoms with van der Waals surface area (Å²) in [5.74, 6) is 0. The van der Waals surface area contributed by atoms with Crippen molar-refractivity contribution in [3.8, 4) is 0 Å². The fraction of sp³-hybridized carbons (Fsp3) is 0.700. The number of nitrogens with one attached hydrogen (secondary N) is 1. The Kier molecular flexibility index (Phi) is 3.23. The van der Waals surface area contributed by atoms with Crippen LogP contribution in [0.1, 0.15) is 24.6 Å². The van der Waals surface area contributed by atoms with E-state index in [1.165, 1.54) is 0 Å². The van der Waals surface area contributed by atoms with Crippen molar-refractivity contribution in [2.75, 3.05) is 20.1 Å². The van der Waals surface area contributed by atoms with E-state index in [9.17, 15) is 5.11 Å². The fourth-order valence-corrected chi connectivity index (χ4v) is 2.52. The standard InChI is InChI=1S/C10H17N3OS/c1-12-4-2-8(3-5-12)13-9(7-14)6-11-10(13)15/h6,8,14H,2-5,7H2,1H3,(H,11,15). The molecule has 0 spiro atoms. The summed E-state index contributed by atoms with van der Waals surface area (Å²) in [6.45, 7) is 2.25. The molecule has 0 atom stereocenters. The Labute approximate surface area is 94.5 Å². The average Bonchev–Trinajstić information content (AvgIpc) is 2.61. The zero-order valence-electron chi connectivity index (χ0n) is 8.94. The number of aromatic nitrogens is 2. The molecule has 1 aromatic rings. The van der Waals surface area contributed by atoms with Gasteiger partial charge in [0.1, 0.15) is 0 Å². The van der Waals surface area contributed by atoms with Crippen LogP contribution in [0, 0.1) is 4.77 Å². The van der Waals surface area contributed by atoms with Crippen LogP contribution in [0.15, 0.2) is 6.20 Å². The van der Waals surface area contributed by atoms with Gasteiger partial charge in [-0.25, -0.2) is 0 Å². The van der Waals surface area contributed by atoms with E-state index < -0.39 is 0 Å². The third-order valence-corrected chi connectivity index (χ3v) is 3.42. The highest BCUT2D eigenvalue weighted by Crippen LogP contribution is 2.23. The number of nitrogens with zero attached hydrogens (tertiary/aromatic N) is 2. The lowest BCUT2D eigenvalue weighted by atomic mass is 10.1. The highest BCUT2D eigenvalue weighted by atomic mass is 32.1. The van der Waals surface area contributed by atoms with Crippen LogP contribution in [0.2, 0.25) is 0 Å². The summed E-state index contributed by atoms with van der Waals surface area (Å²) in [4.78, 5) is 5.33. The average molecular weight is 227 g/mol. The van der Waals surface area contributed by atoms with Crippen molar-refractivity contribution in [1.29, 1.82) is 0 Å². The van der Waals surface area contributed by atoms with Gasteiger partial charge in [-0.2, -0.15) is 0 Å². The molecule has 84 valence electrons. The third-order valence-electron chi connectivity index (χ3n) is 3.11. The van der Waals surface area contributed by atoms with E-state index in [4.69, 9.17) is 12.2 Å². The summed E-state index contributed by atoms with van der Waals surface area (Å²) in [6.07, 6.45) is 4.02. The zero-order valence-corrected chi connectivity index (χ0v) is 9.76. The summed E-state index contributed by atoms with van der Waals surface area (Å²) in [5, 5.41) is 9.22. The highest BCUT2D eigenvalue weighted by Gasteiger charge is 2.20. The molecule has 1 aromatic heterocycles. The molecule has 5 heteroatoms. The van der Waals surface area contributed by atoms with E-state index in [1.807, 2.05) is 0 Å². The van der Waals surface area contributed by atoms with Crippen LogP contribution in [0.5, 0.6) is 0 Å². The second kappa shape index (κ2) is 4.47. The topological polar surface area (TPSA) is 44.2 Å². The van der Waals surface area contributed by atoms with Crippen molar-refractivity contribution in [1.82, 2.24) is 14.5 Å². The number of aliphatic hydroxyl groups excluding tert-OH is 1. The SMILES string of the molecule is CN1CCC(n2c(CO)c[nH]c2=S)CC1. The van der Waals surface area contributed by atoms with Crippen molar-refractivity contribution in [2.24, 2.45) is 0 Å². The molecule has 1 aliphatic rings. The maximum absolute atomic E-state index is 9.22. The maximum Gasteiger partial charge on any atom is 0.177 e. The van der Waals surface area contributed by atoms with Gasteiger partial charge in [0.15, 0.2) is 4.77 Å². The minimum atomic E-state index is 0.0550. The van der Waals surface area contributed by atoms with Crippen molar-refractivity contribution in [3.63, 3.8) is 0 Å². The molecule has 1 aliphatic heterocycles. The number of aromatic amines is 1. The third kappa shape index (κ3) is 2.14. The molecule has 0 radical (unpaired) electrons. The first-order valence-electron chi connectivity index (χ1n) is 5.30. The van der Waals surface area contributed by atoms with Gasteiger partial charge in [-0.3, -0.25) is 0 Å². The van der Waals surface area contributed by atoms with Gasteiger partial charge in [0.25, 0.3) is 0 Å². The van der Waals surface area contributed by atoms with Crippen molar-refractivity contribution in [3.05, 3.63) is 16.7 Å². The van der Waals surface area contributed by atoms with Gasteiger partial charge in [-0.1, -0.05) is 0 Å². The van der Waals surface area contributed by atoms with E-state index >= 15 is 0 Å². The number of piperidine rings is 1. The number of rotatable bonds is 2. The van der Waals surface area contributed by atoms with E-state index in [0.717, 1.165) is 36.4 Å². The predicted octanol–water partition coefficient (Wildman–Crippen LogP) is 1.30. The first-order chi connectivity index (χ1) is 7.22. The molecule has 2 N–H and O–H groups in total. The molecule has 1 fully saturated rings. The fourth-order valence-electron chi connectivity index (χ4n) is 2.19. The largest absolute Gasteiger partial charge is 0.390 e. The predicted molar refractivity (Wildman–Crippen MR) is 61.3 cm³/mol. The van der Waals surface area contributed by atoms with E-state index in [2.05, 4.69) is 21.5 Å². The van der Waals surface area contributed by atoms with E-state index in [0.29, 0.717) is 6.04 Å². The minimum Gasteiger partial charge on any atom is -0.390 e. The summed E-state index contributed by atoms with van der Waals surface area (Å²) in [7, 11) is 2.14. The van der Waals surface area contributed by atoms with Gasteiger partial charge >= 0.3 is 0 Å². The molecule has 2 rings (SSSR count). The van der Waals surface area contributed by atoms with Gasteiger partial charge in [0, 0.05) is 12.2 Å². The Balaban J connectivity index is 2.21. The van der Waals surface area contributed by atoms with Crippen LogP contribution < -0.4 is 0 Å².